The third kappa shape index (κ3) is 2.93. The van der Waals surface area contributed by atoms with Crippen LogP contribution in [-0.2, 0) is 15.0 Å². The van der Waals surface area contributed by atoms with E-state index in [1.54, 1.807) is 0 Å². The SMILES string of the molecule is [C-]#[N+]C1(c2ccc(N3C[C@H](CO/C(C)=N\O)OC3=O)cc2)CC1. The van der Waals surface area contributed by atoms with Gasteiger partial charge in [0.1, 0.15) is 6.61 Å². The van der Waals surface area contributed by atoms with Crippen LogP contribution in [0.5, 0.6) is 0 Å². The summed E-state index contributed by atoms with van der Waals surface area (Å²) in [4.78, 5) is 17.2. The van der Waals surface area contributed by atoms with Crippen molar-refractivity contribution in [3.05, 3.63) is 41.2 Å². The molecule has 7 heteroatoms. The Kier molecular flexibility index (Phi) is 3.82. The van der Waals surface area contributed by atoms with Crippen LogP contribution < -0.4 is 4.90 Å². The number of anilines is 1. The summed E-state index contributed by atoms with van der Waals surface area (Å²) < 4.78 is 10.4. The number of nitrogens with zero attached hydrogens (tertiary/aromatic N) is 3. The van der Waals surface area contributed by atoms with Crippen LogP contribution in [0.1, 0.15) is 25.3 Å². The van der Waals surface area contributed by atoms with E-state index in [-0.39, 0.29) is 18.0 Å². The Balaban J connectivity index is 1.65. The first-order valence-electron chi connectivity index (χ1n) is 7.37. The molecule has 0 aromatic heterocycles. The average molecular weight is 315 g/mol. The number of amides is 1. The molecule has 0 radical (unpaired) electrons. The molecule has 0 spiro atoms. The Hall–Kier alpha value is -2.75. The monoisotopic (exact) mass is 315 g/mol. The highest BCUT2D eigenvalue weighted by atomic mass is 16.6. The lowest BCUT2D eigenvalue weighted by Crippen LogP contribution is -2.26. The zero-order valence-corrected chi connectivity index (χ0v) is 12.7. The molecule has 3 rings (SSSR count). The number of oxime groups is 1. The largest absolute Gasteiger partial charge is 0.475 e. The number of carbonyl (C=O) groups excluding carboxylic acids is 1. The molecule has 1 aliphatic carbocycles. The van der Waals surface area contributed by atoms with E-state index in [4.69, 9.17) is 21.3 Å². The average Bonchev–Trinajstić information content (AvgIpc) is 3.30. The molecule has 0 unspecified atom stereocenters. The number of benzene rings is 1. The Morgan fingerprint density at radius 1 is 1.52 bits per heavy atom. The minimum absolute atomic E-state index is 0.123. The number of hydrogen-bond donors (Lipinski definition) is 1. The van der Waals surface area contributed by atoms with Crippen LogP contribution in [0.4, 0.5) is 10.5 Å². The molecular weight excluding hydrogens is 298 g/mol. The lowest BCUT2D eigenvalue weighted by atomic mass is 10.1. The highest BCUT2D eigenvalue weighted by Crippen LogP contribution is 2.49. The lowest BCUT2D eigenvalue weighted by Gasteiger charge is -2.14. The summed E-state index contributed by atoms with van der Waals surface area (Å²) >= 11 is 0. The molecule has 23 heavy (non-hydrogen) atoms. The summed E-state index contributed by atoms with van der Waals surface area (Å²) in [6.45, 7) is 9.29. The molecule has 1 aliphatic heterocycles. The molecule has 2 fully saturated rings. The molecule has 0 bridgehead atoms. The molecule has 7 nitrogen and oxygen atoms in total. The fourth-order valence-corrected chi connectivity index (χ4v) is 2.60. The van der Waals surface area contributed by atoms with Crippen LogP contribution in [0, 0.1) is 6.57 Å². The lowest BCUT2D eigenvalue weighted by molar-refractivity contribution is 0.0980. The van der Waals surface area contributed by atoms with Gasteiger partial charge in [-0.2, -0.15) is 0 Å². The summed E-state index contributed by atoms with van der Waals surface area (Å²) in [6, 6.07) is 7.48. The first kappa shape index (κ1) is 15.2. The van der Waals surface area contributed by atoms with E-state index in [0.717, 1.165) is 24.1 Å². The molecule has 1 heterocycles. The number of rotatable bonds is 4. The van der Waals surface area contributed by atoms with Crippen molar-refractivity contribution in [1.82, 2.24) is 0 Å². The van der Waals surface area contributed by atoms with Crippen LogP contribution in [0.3, 0.4) is 0 Å². The van der Waals surface area contributed by atoms with Crippen molar-refractivity contribution in [3.63, 3.8) is 0 Å². The van der Waals surface area contributed by atoms with Gasteiger partial charge < -0.3 is 19.5 Å². The summed E-state index contributed by atoms with van der Waals surface area (Å²) in [7, 11) is 0. The van der Waals surface area contributed by atoms with Crippen molar-refractivity contribution in [2.24, 2.45) is 5.16 Å². The second-order valence-electron chi connectivity index (χ2n) is 5.74. The van der Waals surface area contributed by atoms with Gasteiger partial charge in [0.15, 0.2) is 6.10 Å². The van der Waals surface area contributed by atoms with Crippen molar-refractivity contribution >= 4 is 17.7 Å². The summed E-state index contributed by atoms with van der Waals surface area (Å²) in [5, 5.41) is 11.4. The molecule has 1 aromatic carbocycles. The number of cyclic esters (lactones) is 1. The zero-order chi connectivity index (χ0) is 16.4. The number of ether oxygens (including phenoxy) is 2. The van der Waals surface area contributed by atoms with Gasteiger partial charge in [-0.05, 0) is 24.3 Å². The van der Waals surface area contributed by atoms with Gasteiger partial charge in [-0.15, -0.1) is 0 Å². The van der Waals surface area contributed by atoms with Gasteiger partial charge in [0.25, 0.3) is 5.54 Å². The van der Waals surface area contributed by atoms with Crippen LogP contribution >= 0.6 is 0 Å². The Morgan fingerprint density at radius 2 is 2.22 bits per heavy atom. The van der Waals surface area contributed by atoms with Gasteiger partial charge in [-0.1, -0.05) is 5.16 Å². The highest BCUT2D eigenvalue weighted by molar-refractivity contribution is 5.89. The van der Waals surface area contributed by atoms with Gasteiger partial charge in [0.05, 0.1) is 6.54 Å². The first-order valence-corrected chi connectivity index (χ1v) is 7.37. The fourth-order valence-electron chi connectivity index (χ4n) is 2.60. The van der Waals surface area contributed by atoms with E-state index < -0.39 is 12.2 Å². The van der Waals surface area contributed by atoms with Gasteiger partial charge in [-0.25, -0.2) is 11.4 Å². The standard InChI is InChI=1S/C16H17N3O4/c1-11(18-21)22-10-14-9-19(15(20)23-14)13-5-3-12(4-6-13)16(17-2)7-8-16/h3-6,14,21H,7-10H2,1H3/b18-11-/t14-/m1/s1. The first-order chi connectivity index (χ1) is 11.1. The molecule has 1 aromatic rings. The normalized spacial score (nSPS) is 22.4. The van der Waals surface area contributed by atoms with Crippen molar-refractivity contribution in [1.29, 1.82) is 0 Å². The smallest absolute Gasteiger partial charge is 0.414 e. The topological polar surface area (TPSA) is 75.7 Å². The summed E-state index contributed by atoms with van der Waals surface area (Å²) in [5.41, 5.74) is 1.38. The van der Waals surface area contributed by atoms with E-state index in [0.29, 0.717) is 6.54 Å². The second-order valence-corrected chi connectivity index (χ2v) is 5.74. The Bertz CT molecular complexity index is 674. The van der Waals surface area contributed by atoms with Crippen molar-refractivity contribution in [2.45, 2.75) is 31.4 Å². The quantitative estimate of drug-likeness (QED) is 0.305. The van der Waals surface area contributed by atoms with Crippen LogP contribution in [0.2, 0.25) is 0 Å². The molecule has 1 saturated carbocycles. The maximum Gasteiger partial charge on any atom is 0.414 e. The van der Waals surface area contributed by atoms with Gasteiger partial charge in [0.2, 0.25) is 5.90 Å². The molecule has 1 amide bonds. The van der Waals surface area contributed by atoms with E-state index in [1.807, 2.05) is 24.3 Å². The Labute approximate surface area is 133 Å². The number of hydrogen-bond acceptors (Lipinski definition) is 5. The third-order valence-electron chi connectivity index (χ3n) is 4.15. The minimum Gasteiger partial charge on any atom is -0.475 e. The molecule has 1 saturated heterocycles. The minimum atomic E-state index is -0.434. The predicted octanol–water partition coefficient (Wildman–Crippen LogP) is 2.74. The van der Waals surface area contributed by atoms with Crippen molar-refractivity contribution < 1.29 is 19.5 Å². The van der Waals surface area contributed by atoms with Crippen molar-refractivity contribution in [3.8, 4) is 0 Å². The van der Waals surface area contributed by atoms with Crippen LogP contribution in [-0.4, -0.2) is 36.5 Å². The van der Waals surface area contributed by atoms with Crippen LogP contribution in [0.25, 0.3) is 4.85 Å². The third-order valence-corrected chi connectivity index (χ3v) is 4.15. The van der Waals surface area contributed by atoms with Gasteiger partial charge >= 0.3 is 6.09 Å². The van der Waals surface area contributed by atoms with Gasteiger partial charge in [0, 0.05) is 31.0 Å². The molecule has 2 aliphatic rings. The van der Waals surface area contributed by atoms with E-state index in [9.17, 15) is 4.79 Å². The van der Waals surface area contributed by atoms with E-state index in [2.05, 4.69) is 10.0 Å². The summed E-state index contributed by atoms with van der Waals surface area (Å²) in [6.07, 6.45) is 0.938. The van der Waals surface area contributed by atoms with Crippen molar-refractivity contribution in [2.75, 3.05) is 18.1 Å². The number of carbonyl (C=O) groups is 1. The fraction of sp³-hybridized carbons (Fsp3) is 0.438. The van der Waals surface area contributed by atoms with E-state index >= 15 is 0 Å². The molecule has 1 N–H and O–H groups in total. The Morgan fingerprint density at radius 3 is 2.78 bits per heavy atom. The highest BCUT2D eigenvalue weighted by Gasteiger charge is 2.52. The van der Waals surface area contributed by atoms with Gasteiger partial charge in [-0.3, -0.25) is 4.90 Å². The zero-order valence-electron chi connectivity index (χ0n) is 12.7. The van der Waals surface area contributed by atoms with E-state index in [1.165, 1.54) is 11.8 Å². The predicted molar refractivity (Wildman–Crippen MR) is 82.4 cm³/mol. The summed E-state index contributed by atoms with van der Waals surface area (Å²) in [5.74, 6) is 0.123. The molecule has 1 atom stereocenters. The molecular formula is C16H17N3O4. The van der Waals surface area contributed by atoms with Crippen LogP contribution in [0.15, 0.2) is 29.4 Å². The maximum absolute atomic E-state index is 12.0. The second kappa shape index (κ2) is 5.80. The maximum atomic E-state index is 12.0. The molecule has 120 valence electrons.